The van der Waals surface area contributed by atoms with Gasteiger partial charge in [0, 0.05) is 12.2 Å². The number of rotatable bonds is 4. The van der Waals surface area contributed by atoms with Crippen LogP contribution >= 0.6 is 12.2 Å². The zero-order valence-electron chi connectivity index (χ0n) is 11.8. The first-order chi connectivity index (χ1) is 9.08. The van der Waals surface area contributed by atoms with Gasteiger partial charge in [-0.05, 0) is 37.3 Å². The molecular formula is C15H23N3S. The van der Waals surface area contributed by atoms with E-state index in [1.54, 1.807) is 0 Å². The Bertz CT molecular complexity index is 459. The molecule has 1 aromatic heterocycles. The molecular weight excluding hydrogens is 254 g/mol. The van der Waals surface area contributed by atoms with E-state index in [0.717, 1.165) is 35.5 Å². The van der Waals surface area contributed by atoms with E-state index < -0.39 is 0 Å². The number of nitrogens with zero attached hydrogens (tertiary/aromatic N) is 1. The first-order valence-electron chi connectivity index (χ1n) is 7.09. The molecule has 0 bridgehead atoms. The smallest absolute Gasteiger partial charge is 0.136 e. The minimum atomic E-state index is 0.409. The Morgan fingerprint density at radius 1 is 1.42 bits per heavy atom. The van der Waals surface area contributed by atoms with Crippen LogP contribution in [0.15, 0.2) is 12.1 Å². The van der Waals surface area contributed by atoms with Crippen molar-refractivity contribution in [3.05, 3.63) is 23.4 Å². The van der Waals surface area contributed by atoms with Gasteiger partial charge in [0.2, 0.25) is 0 Å². The van der Waals surface area contributed by atoms with Gasteiger partial charge in [0.25, 0.3) is 0 Å². The first kappa shape index (κ1) is 14.3. The number of hydrogen-bond donors (Lipinski definition) is 2. The zero-order chi connectivity index (χ0) is 13.8. The molecule has 0 aliphatic heterocycles. The van der Waals surface area contributed by atoms with E-state index >= 15 is 0 Å². The molecule has 3 nitrogen and oxygen atoms in total. The van der Waals surface area contributed by atoms with Crippen LogP contribution in [0, 0.1) is 18.8 Å². The lowest BCUT2D eigenvalue weighted by Gasteiger charge is -2.29. The molecule has 104 valence electrons. The van der Waals surface area contributed by atoms with Crippen LogP contribution in [0.3, 0.4) is 0 Å². The third-order valence-electron chi connectivity index (χ3n) is 4.12. The predicted octanol–water partition coefficient (Wildman–Crippen LogP) is 3.26. The molecule has 4 heteroatoms. The van der Waals surface area contributed by atoms with Gasteiger partial charge in [-0.3, -0.25) is 0 Å². The van der Waals surface area contributed by atoms with Crippen molar-refractivity contribution in [1.82, 2.24) is 4.98 Å². The van der Waals surface area contributed by atoms with Crippen molar-refractivity contribution in [2.24, 2.45) is 17.6 Å². The molecule has 3 N–H and O–H groups in total. The van der Waals surface area contributed by atoms with Gasteiger partial charge in [-0.15, -0.1) is 0 Å². The summed E-state index contributed by atoms with van der Waals surface area (Å²) in [7, 11) is 0. The van der Waals surface area contributed by atoms with Crippen molar-refractivity contribution >= 4 is 23.0 Å². The lowest BCUT2D eigenvalue weighted by Crippen LogP contribution is -2.25. The van der Waals surface area contributed by atoms with E-state index in [4.69, 9.17) is 18.0 Å². The maximum Gasteiger partial charge on any atom is 0.136 e. The van der Waals surface area contributed by atoms with Crippen molar-refractivity contribution in [1.29, 1.82) is 0 Å². The summed E-state index contributed by atoms with van der Waals surface area (Å²) in [6, 6.07) is 3.90. The Morgan fingerprint density at radius 2 is 2.16 bits per heavy atom. The Labute approximate surface area is 121 Å². The third-order valence-corrected chi connectivity index (χ3v) is 4.34. The van der Waals surface area contributed by atoms with E-state index in [-0.39, 0.29) is 0 Å². The van der Waals surface area contributed by atoms with Crippen molar-refractivity contribution in [3.63, 3.8) is 0 Å². The molecule has 19 heavy (non-hydrogen) atoms. The van der Waals surface area contributed by atoms with Gasteiger partial charge in [-0.2, -0.15) is 0 Å². The van der Waals surface area contributed by atoms with Crippen LogP contribution in [0.1, 0.15) is 43.9 Å². The van der Waals surface area contributed by atoms with Crippen molar-refractivity contribution in [2.45, 2.75) is 39.5 Å². The van der Waals surface area contributed by atoms with E-state index in [0.29, 0.717) is 4.99 Å². The quantitative estimate of drug-likeness (QED) is 0.829. The zero-order valence-corrected chi connectivity index (χ0v) is 12.6. The summed E-state index contributed by atoms with van der Waals surface area (Å²) in [6.45, 7) is 5.30. The highest BCUT2D eigenvalue weighted by molar-refractivity contribution is 7.80. The number of anilines is 1. The van der Waals surface area contributed by atoms with E-state index in [1.165, 1.54) is 25.7 Å². The van der Waals surface area contributed by atoms with E-state index in [2.05, 4.69) is 17.2 Å². The molecule has 1 aromatic rings. The number of nitrogens with two attached hydrogens (primary N) is 1. The Hall–Kier alpha value is -1.16. The first-order valence-corrected chi connectivity index (χ1v) is 7.50. The molecule has 0 aromatic carbocycles. The van der Waals surface area contributed by atoms with Crippen LogP contribution in [0.25, 0.3) is 0 Å². The Kier molecular flexibility index (Phi) is 4.75. The molecule has 1 aliphatic carbocycles. The number of aryl methyl sites for hydroxylation is 1. The molecule has 0 saturated heterocycles. The van der Waals surface area contributed by atoms with Gasteiger partial charge < -0.3 is 11.1 Å². The fraction of sp³-hybridized carbons (Fsp3) is 0.600. The summed E-state index contributed by atoms with van der Waals surface area (Å²) >= 11 is 5.08. The Morgan fingerprint density at radius 3 is 2.84 bits per heavy atom. The van der Waals surface area contributed by atoms with E-state index in [1.807, 2.05) is 19.1 Å². The lowest BCUT2D eigenvalue weighted by atomic mass is 9.80. The number of nitrogens with one attached hydrogen (secondary N) is 1. The molecule has 1 saturated carbocycles. The highest BCUT2D eigenvalue weighted by Crippen LogP contribution is 2.29. The summed E-state index contributed by atoms with van der Waals surface area (Å²) in [6.07, 6.45) is 5.37. The average Bonchev–Trinajstić information content (AvgIpc) is 2.37. The number of pyridine rings is 1. The second-order valence-corrected chi connectivity index (χ2v) is 6.06. The average molecular weight is 277 g/mol. The fourth-order valence-corrected chi connectivity index (χ4v) is 2.98. The van der Waals surface area contributed by atoms with Gasteiger partial charge in [-0.1, -0.05) is 38.4 Å². The number of thiocarbonyl (C=S) groups is 1. The monoisotopic (exact) mass is 277 g/mol. The summed E-state index contributed by atoms with van der Waals surface area (Å²) < 4.78 is 0. The molecule has 2 rings (SSSR count). The normalized spacial score (nSPS) is 23.1. The molecule has 2 unspecified atom stereocenters. The molecule has 1 heterocycles. The minimum Gasteiger partial charge on any atom is -0.389 e. The van der Waals surface area contributed by atoms with Gasteiger partial charge in [-0.25, -0.2) is 4.98 Å². The topological polar surface area (TPSA) is 50.9 Å². The van der Waals surface area contributed by atoms with Gasteiger partial charge in [0.05, 0.1) is 5.56 Å². The molecule has 0 radical (unpaired) electrons. The van der Waals surface area contributed by atoms with E-state index in [9.17, 15) is 0 Å². The van der Waals surface area contributed by atoms with Crippen molar-refractivity contribution in [3.8, 4) is 0 Å². The van der Waals surface area contributed by atoms with Crippen molar-refractivity contribution in [2.75, 3.05) is 11.9 Å². The van der Waals surface area contributed by atoms with Crippen LogP contribution in [0.4, 0.5) is 5.82 Å². The summed E-state index contributed by atoms with van der Waals surface area (Å²) in [5, 5.41) is 3.46. The van der Waals surface area contributed by atoms with Crippen LogP contribution in [-0.4, -0.2) is 16.5 Å². The molecule has 0 spiro atoms. The van der Waals surface area contributed by atoms with Crippen LogP contribution in [0.5, 0.6) is 0 Å². The summed E-state index contributed by atoms with van der Waals surface area (Å²) in [5.41, 5.74) is 7.59. The SMILES string of the molecule is Cc1ccc(C(N)=S)c(NCC2CCCCC2C)n1. The second-order valence-electron chi connectivity index (χ2n) is 5.62. The molecule has 2 atom stereocenters. The van der Waals surface area contributed by atoms with Crippen molar-refractivity contribution < 1.29 is 0 Å². The third kappa shape index (κ3) is 3.66. The minimum absolute atomic E-state index is 0.409. The Balaban J connectivity index is 2.05. The van der Waals surface area contributed by atoms with Gasteiger partial charge >= 0.3 is 0 Å². The van der Waals surface area contributed by atoms with Gasteiger partial charge in [0.1, 0.15) is 10.8 Å². The van der Waals surface area contributed by atoms with Crippen LogP contribution in [0.2, 0.25) is 0 Å². The standard InChI is InChI=1S/C15H23N3S/c1-10-5-3-4-6-12(10)9-17-15-13(14(16)19)8-7-11(2)18-15/h7-8,10,12H,3-6,9H2,1-2H3,(H2,16,19)(H,17,18). The maximum absolute atomic E-state index is 5.75. The number of aromatic nitrogens is 1. The number of hydrogen-bond acceptors (Lipinski definition) is 3. The fourth-order valence-electron chi connectivity index (χ4n) is 2.81. The summed E-state index contributed by atoms with van der Waals surface area (Å²) in [5.74, 6) is 2.36. The highest BCUT2D eigenvalue weighted by atomic mass is 32.1. The lowest BCUT2D eigenvalue weighted by molar-refractivity contribution is 0.268. The molecule has 1 fully saturated rings. The second kappa shape index (κ2) is 6.33. The summed E-state index contributed by atoms with van der Waals surface area (Å²) in [4.78, 5) is 4.93. The van der Waals surface area contributed by atoms with Gasteiger partial charge in [0.15, 0.2) is 0 Å². The largest absolute Gasteiger partial charge is 0.389 e. The molecule has 0 amide bonds. The molecule has 1 aliphatic rings. The van der Waals surface area contributed by atoms with Crippen LogP contribution in [-0.2, 0) is 0 Å². The van der Waals surface area contributed by atoms with Crippen LogP contribution < -0.4 is 11.1 Å². The maximum atomic E-state index is 5.75. The predicted molar refractivity (Wildman–Crippen MR) is 84.5 cm³/mol. The highest BCUT2D eigenvalue weighted by Gasteiger charge is 2.21.